The molecule has 1 heterocycles. The van der Waals surface area contributed by atoms with E-state index in [9.17, 15) is 9.59 Å². The highest BCUT2D eigenvalue weighted by atomic mass is 35.5. The molecule has 130 valence electrons. The zero-order chi connectivity index (χ0) is 18.0. The van der Waals surface area contributed by atoms with Gasteiger partial charge in [0, 0.05) is 22.9 Å². The van der Waals surface area contributed by atoms with Gasteiger partial charge in [0.15, 0.2) is 0 Å². The average molecular weight is 358 g/mol. The van der Waals surface area contributed by atoms with Crippen LogP contribution >= 0.6 is 11.6 Å². The fourth-order valence-electron chi connectivity index (χ4n) is 3.69. The van der Waals surface area contributed by atoms with Gasteiger partial charge >= 0.3 is 5.97 Å². The Morgan fingerprint density at radius 3 is 2.20 bits per heavy atom. The van der Waals surface area contributed by atoms with Gasteiger partial charge in [-0.05, 0) is 30.2 Å². The van der Waals surface area contributed by atoms with E-state index >= 15 is 0 Å². The highest BCUT2D eigenvalue weighted by molar-refractivity contribution is 6.30. The molecular formula is C20H20ClNO3. The number of hydrogen-bond donors (Lipinski definition) is 1. The lowest BCUT2D eigenvalue weighted by molar-refractivity contribution is -0.143. The zero-order valence-corrected chi connectivity index (χ0v) is 14.9. The van der Waals surface area contributed by atoms with Gasteiger partial charge in [0.2, 0.25) is 0 Å². The Hall–Kier alpha value is -2.17. The van der Waals surface area contributed by atoms with Crippen LogP contribution in [0.25, 0.3) is 0 Å². The molecular weight excluding hydrogens is 338 g/mol. The number of nitrogens with one attached hydrogen (secondary N) is 1. The van der Waals surface area contributed by atoms with Crippen LogP contribution < -0.4 is 5.32 Å². The first kappa shape index (κ1) is 17.6. The maximum atomic E-state index is 12.5. The normalized spacial score (nSPS) is 25.6. The number of ketones is 1. The third-order valence-corrected chi connectivity index (χ3v) is 5.05. The number of rotatable bonds is 4. The first-order valence-electron chi connectivity index (χ1n) is 8.17. The molecule has 1 N–H and O–H groups in total. The summed E-state index contributed by atoms with van der Waals surface area (Å²) in [5, 5.41) is 3.95. The molecule has 0 spiro atoms. The third-order valence-electron chi connectivity index (χ3n) is 4.80. The Balaban J connectivity index is 2.07. The molecule has 1 aliphatic rings. The van der Waals surface area contributed by atoms with Crippen molar-refractivity contribution in [2.24, 2.45) is 5.92 Å². The van der Waals surface area contributed by atoms with E-state index in [4.69, 9.17) is 16.3 Å². The molecule has 0 radical (unpaired) electrons. The van der Waals surface area contributed by atoms with E-state index in [1.165, 1.54) is 7.11 Å². The summed E-state index contributed by atoms with van der Waals surface area (Å²) in [5.74, 6) is -0.983. The molecule has 4 atom stereocenters. The van der Waals surface area contributed by atoms with E-state index < -0.39 is 6.04 Å². The van der Waals surface area contributed by atoms with Crippen molar-refractivity contribution in [3.8, 4) is 0 Å². The topological polar surface area (TPSA) is 55.4 Å². The van der Waals surface area contributed by atoms with Gasteiger partial charge in [-0.1, -0.05) is 54.1 Å². The van der Waals surface area contributed by atoms with Gasteiger partial charge < -0.3 is 4.74 Å². The summed E-state index contributed by atoms with van der Waals surface area (Å²) in [5.41, 5.74) is 1.87. The van der Waals surface area contributed by atoms with E-state index in [1.54, 1.807) is 19.1 Å². The van der Waals surface area contributed by atoms with Crippen LogP contribution in [-0.4, -0.2) is 24.9 Å². The summed E-state index contributed by atoms with van der Waals surface area (Å²) in [6.07, 6.45) is 0. The van der Waals surface area contributed by atoms with Crippen LogP contribution in [-0.2, 0) is 14.3 Å². The van der Waals surface area contributed by atoms with Crippen molar-refractivity contribution in [3.63, 3.8) is 0 Å². The summed E-state index contributed by atoms with van der Waals surface area (Å²) < 4.78 is 4.98. The van der Waals surface area contributed by atoms with E-state index in [2.05, 4.69) is 5.32 Å². The van der Waals surface area contributed by atoms with Gasteiger partial charge in [0.05, 0.1) is 7.11 Å². The Labute approximate surface area is 152 Å². The lowest BCUT2D eigenvalue weighted by Crippen LogP contribution is -2.36. The highest BCUT2D eigenvalue weighted by Gasteiger charge is 2.49. The highest BCUT2D eigenvalue weighted by Crippen LogP contribution is 2.44. The standard InChI is InChI=1S/C20H20ClNO3/c1-12(23)16-17(13-6-4-3-5-7-13)19(20(24)25-2)22-18(16)14-8-10-15(21)11-9-14/h3-11,16-19,22H,1-2H3/t16-,17-,18-,19-/m0/s1. The molecule has 0 amide bonds. The number of hydrogen-bond acceptors (Lipinski definition) is 4. The Kier molecular flexibility index (Phi) is 5.21. The fraction of sp³-hybridized carbons (Fsp3) is 0.300. The van der Waals surface area contributed by atoms with Gasteiger partial charge in [-0.2, -0.15) is 0 Å². The van der Waals surface area contributed by atoms with Crippen molar-refractivity contribution in [2.75, 3.05) is 7.11 Å². The number of carbonyl (C=O) groups excluding carboxylic acids is 2. The molecule has 2 aromatic carbocycles. The molecule has 1 fully saturated rings. The molecule has 4 nitrogen and oxygen atoms in total. The van der Waals surface area contributed by atoms with Crippen LogP contribution in [0.3, 0.4) is 0 Å². The van der Waals surface area contributed by atoms with Gasteiger partial charge in [-0.25, -0.2) is 0 Å². The smallest absolute Gasteiger partial charge is 0.323 e. The van der Waals surface area contributed by atoms with E-state index in [1.807, 2.05) is 42.5 Å². The molecule has 25 heavy (non-hydrogen) atoms. The van der Waals surface area contributed by atoms with E-state index in [0.717, 1.165) is 11.1 Å². The predicted molar refractivity (Wildman–Crippen MR) is 96.5 cm³/mol. The van der Waals surface area contributed by atoms with Gasteiger partial charge in [0.25, 0.3) is 0 Å². The lowest BCUT2D eigenvalue weighted by Gasteiger charge is -2.23. The predicted octanol–water partition coefficient (Wildman–Crippen LogP) is 3.51. The summed E-state index contributed by atoms with van der Waals surface area (Å²) in [6.45, 7) is 1.57. The SMILES string of the molecule is COC(=O)[C@H]1N[C@@H](c2ccc(Cl)cc2)[C@@H](C(C)=O)[C@@H]1c1ccccc1. The van der Waals surface area contributed by atoms with Crippen LogP contribution in [0.4, 0.5) is 0 Å². The molecule has 2 aromatic rings. The minimum atomic E-state index is -0.582. The summed E-state index contributed by atoms with van der Waals surface area (Å²) >= 11 is 5.98. The summed E-state index contributed by atoms with van der Waals surface area (Å²) in [4.78, 5) is 24.9. The molecule has 0 aliphatic carbocycles. The second-order valence-corrected chi connectivity index (χ2v) is 6.71. The summed E-state index contributed by atoms with van der Waals surface area (Å²) in [7, 11) is 1.37. The number of benzene rings is 2. The molecule has 0 saturated carbocycles. The largest absolute Gasteiger partial charge is 0.468 e. The first-order valence-corrected chi connectivity index (χ1v) is 8.55. The molecule has 3 rings (SSSR count). The molecule has 1 aliphatic heterocycles. The van der Waals surface area contributed by atoms with Crippen LogP contribution in [0.15, 0.2) is 54.6 Å². The monoisotopic (exact) mass is 357 g/mol. The van der Waals surface area contributed by atoms with Crippen molar-refractivity contribution < 1.29 is 14.3 Å². The second-order valence-electron chi connectivity index (χ2n) is 6.27. The number of carbonyl (C=O) groups is 2. The maximum absolute atomic E-state index is 12.5. The van der Waals surface area contributed by atoms with Crippen molar-refractivity contribution in [1.29, 1.82) is 0 Å². The average Bonchev–Trinajstić information content (AvgIpc) is 3.03. The molecule has 0 bridgehead atoms. The maximum Gasteiger partial charge on any atom is 0.323 e. The Bertz CT molecular complexity index is 760. The first-order chi connectivity index (χ1) is 12.0. The van der Waals surface area contributed by atoms with Crippen LogP contribution in [0.2, 0.25) is 5.02 Å². The molecule has 1 saturated heterocycles. The lowest BCUT2D eigenvalue weighted by atomic mass is 9.78. The Morgan fingerprint density at radius 1 is 1.00 bits per heavy atom. The molecule has 0 unspecified atom stereocenters. The van der Waals surface area contributed by atoms with Gasteiger partial charge in [0.1, 0.15) is 11.8 Å². The number of Topliss-reactive ketones (excluding diaryl/α,β-unsaturated/α-hetero) is 1. The zero-order valence-electron chi connectivity index (χ0n) is 14.1. The third kappa shape index (κ3) is 3.46. The second kappa shape index (κ2) is 7.38. The number of methoxy groups -OCH3 is 1. The molecule has 0 aromatic heterocycles. The number of esters is 1. The number of ether oxygens (including phenoxy) is 1. The van der Waals surface area contributed by atoms with Crippen molar-refractivity contribution in [2.45, 2.75) is 24.9 Å². The van der Waals surface area contributed by atoms with E-state index in [-0.39, 0.29) is 29.6 Å². The van der Waals surface area contributed by atoms with Crippen molar-refractivity contribution in [1.82, 2.24) is 5.32 Å². The minimum Gasteiger partial charge on any atom is -0.468 e. The van der Waals surface area contributed by atoms with Crippen LogP contribution in [0.1, 0.15) is 30.0 Å². The van der Waals surface area contributed by atoms with Crippen LogP contribution in [0, 0.1) is 5.92 Å². The van der Waals surface area contributed by atoms with Crippen LogP contribution in [0.5, 0.6) is 0 Å². The molecule has 5 heteroatoms. The van der Waals surface area contributed by atoms with Gasteiger partial charge in [-0.3, -0.25) is 14.9 Å². The summed E-state index contributed by atoms with van der Waals surface area (Å²) in [6, 6.07) is 16.1. The van der Waals surface area contributed by atoms with E-state index in [0.29, 0.717) is 5.02 Å². The number of halogens is 1. The van der Waals surface area contributed by atoms with Crippen molar-refractivity contribution >= 4 is 23.4 Å². The quantitative estimate of drug-likeness (QED) is 0.851. The van der Waals surface area contributed by atoms with Gasteiger partial charge in [-0.15, -0.1) is 0 Å². The van der Waals surface area contributed by atoms with Crippen molar-refractivity contribution in [3.05, 3.63) is 70.7 Å². The Morgan fingerprint density at radius 2 is 1.64 bits per heavy atom. The fourth-order valence-corrected chi connectivity index (χ4v) is 3.82. The minimum absolute atomic E-state index is 0.0349.